The first-order valence-electron chi connectivity index (χ1n) is 35.1. The van der Waals surface area contributed by atoms with Crippen molar-refractivity contribution in [2.75, 3.05) is 4.90 Å². The second-order valence-corrected chi connectivity index (χ2v) is 31.1. The van der Waals surface area contributed by atoms with Gasteiger partial charge in [-0.3, -0.25) is 4.79 Å². The van der Waals surface area contributed by atoms with Gasteiger partial charge in [0.2, 0.25) is 0 Å². The van der Waals surface area contributed by atoms with Gasteiger partial charge < -0.3 is 4.90 Å². The van der Waals surface area contributed by atoms with Gasteiger partial charge in [0.25, 0.3) is 0 Å². The van der Waals surface area contributed by atoms with E-state index in [-0.39, 0.29) is 5.78 Å². The van der Waals surface area contributed by atoms with Crippen molar-refractivity contribution in [3.63, 3.8) is 0 Å². The zero-order valence-electron chi connectivity index (χ0n) is 57.6. The Morgan fingerprint density at radius 2 is 0.476 bits per heavy atom. The zero-order chi connectivity index (χ0) is 72.3. The zero-order valence-corrected chi connectivity index (χ0v) is 67.1. The third-order valence-corrected chi connectivity index (χ3v) is 22.4. The predicted molar refractivity (Wildman–Crippen MR) is 464 cm³/mol. The first-order valence-corrected chi connectivity index (χ1v) is 39.8. The summed E-state index contributed by atoms with van der Waals surface area (Å²) >= 11 is 21.7. The number of benzene rings is 15. The molecule has 0 saturated heterocycles. The van der Waals surface area contributed by atoms with Crippen molar-refractivity contribution in [2.45, 2.75) is 38.5 Å². The van der Waals surface area contributed by atoms with E-state index >= 15 is 0 Å². The minimum Gasteiger partial charge on any atom is -0.311 e. The minimum absolute atomic E-state index is 0.0167. The number of rotatable bonds is 20. The minimum atomic E-state index is 0.0167. The van der Waals surface area contributed by atoms with E-state index < -0.39 is 0 Å². The first kappa shape index (κ1) is 73.9. The molecular formula is C97H73Br6NO. The number of carbonyl (C=O) groups excluding carboxylic acids is 1. The van der Waals surface area contributed by atoms with Crippen LogP contribution in [0.3, 0.4) is 0 Å². The fourth-order valence-electron chi connectivity index (χ4n) is 12.9. The lowest BCUT2D eigenvalue weighted by Crippen LogP contribution is -2.09. The second kappa shape index (κ2) is 36.6. The van der Waals surface area contributed by atoms with E-state index in [1.54, 1.807) is 0 Å². The quantitative estimate of drug-likeness (QED) is 0.0709. The third-order valence-electron chi connectivity index (χ3n) is 18.6. The molecule has 0 bridgehead atoms. The maximum atomic E-state index is 13.9. The standard InChI is InChI=1S/C39H28Br2O.C32H24Br2.C26H21Br2N/c40-37-20-21-38(41)32(26-37)19-16-27-14-17-30(18-15-27)31-12-7-13-33(22-31)39(42)36-24-34(28-8-3-1-4-9-28)23-35(25-36)29-10-5-2-6-11-29;33-31-17-18-32(34)27(22-31)16-13-23-11-14-26(15-12-23)30-20-28(24-7-3-1-4-8-24)19-29(21-30)25-9-5-2-6-10-25;27-22-15-18-26(28)21(19-22)14-11-20-12-16-25(17-13-20)29(23-7-3-1-4-8-23)24-9-5-2-6-10-24/h1-15,17-18,20-26H,16,19H2;1-12,14-15,17-22H,13,16H2;1-10,12-13,15-19H,11,14H2. The average Bonchev–Trinajstić information content (AvgIpc) is 0.803. The van der Waals surface area contributed by atoms with Crippen molar-refractivity contribution >= 4 is 118 Å². The number of nitrogens with zero attached hydrogens (tertiary/aromatic N) is 1. The molecule has 105 heavy (non-hydrogen) atoms. The molecule has 0 aliphatic carbocycles. The van der Waals surface area contributed by atoms with Crippen LogP contribution in [0.5, 0.6) is 0 Å². The van der Waals surface area contributed by atoms with Crippen LogP contribution < -0.4 is 4.90 Å². The number of para-hydroxylation sites is 2. The van der Waals surface area contributed by atoms with Crippen molar-refractivity contribution in [1.29, 1.82) is 0 Å². The van der Waals surface area contributed by atoms with Gasteiger partial charge >= 0.3 is 0 Å². The summed E-state index contributed by atoms with van der Waals surface area (Å²) in [7, 11) is 0. The van der Waals surface area contributed by atoms with Crippen LogP contribution in [0.25, 0.3) is 66.8 Å². The largest absolute Gasteiger partial charge is 0.311 e. The molecule has 8 heteroatoms. The Labute approximate surface area is 668 Å². The van der Waals surface area contributed by atoms with Crippen molar-refractivity contribution in [2.24, 2.45) is 0 Å². The maximum Gasteiger partial charge on any atom is 0.193 e. The van der Waals surface area contributed by atoms with Gasteiger partial charge in [-0.1, -0.05) is 332 Å². The summed E-state index contributed by atoms with van der Waals surface area (Å²) in [6, 6.07) is 129. The van der Waals surface area contributed by atoms with Crippen LogP contribution >= 0.6 is 95.6 Å². The Hall–Kier alpha value is -9.35. The number of ketones is 1. The molecular weight excluding hydrogens is 1670 g/mol. The normalized spacial score (nSPS) is 10.8. The Balaban J connectivity index is 0.000000142. The summed E-state index contributed by atoms with van der Waals surface area (Å²) < 4.78 is 6.79. The number of aryl methyl sites for hydroxylation is 6. The molecule has 0 heterocycles. The fraction of sp³-hybridized carbons (Fsp3) is 0.0619. The first-order chi connectivity index (χ1) is 51.4. The summed E-state index contributed by atoms with van der Waals surface area (Å²) in [6.07, 6.45) is 5.92. The Morgan fingerprint density at radius 1 is 0.210 bits per heavy atom. The summed E-state index contributed by atoms with van der Waals surface area (Å²) in [4.78, 5) is 16.2. The lowest BCUT2D eigenvalue weighted by atomic mass is 9.92. The molecule has 0 N–H and O–H groups in total. The highest BCUT2D eigenvalue weighted by atomic mass is 79.9. The molecule has 0 aliphatic rings. The lowest BCUT2D eigenvalue weighted by Gasteiger charge is -2.25. The van der Waals surface area contributed by atoms with Crippen molar-refractivity contribution < 1.29 is 4.79 Å². The molecule has 514 valence electrons. The van der Waals surface area contributed by atoms with Crippen molar-refractivity contribution in [1.82, 2.24) is 0 Å². The lowest BCUT2D eigenvalue weighted by molar-refractivity contribution is 0.103. The number of halogens is 6. The molecule has 0 amide bonds. The predicted octanol–water partition coefficient (Wildman–Crippen LogP) is 29.7. The van der Waals surface area contributed by atoms with Crippen LogP contribution in [0.2, 0.25) is 0 Å². The monoisotopic (exact) mass is 1740 g/mol. The molecule has 0 atom stereocenters. The van der Waals surface area contributed by atoms with Crippen molar-refractivity contribution in [3.8, 4) is 66.8 Å². The summed E-state index contributed by atoms with van der Waals surface area (Å²) in [5.41, 5.74) is 26.5. The average molecular weight is 1750 g/mol. The maximum absolute atomic E-state index is 13.9. The summed E-state index contributed by atoms with van der Waals surface area (Å²) in [5, 5.41) is 0. The van der Waals surface area contributed by atoms with Crippen LogP contribution in [-0.2, 0) is 38.5 Å². The van der Waals surface area contributed by atoms with Gasteiger partial charge in [0.15, 0.2) is 5.78 Å². The van der Waals surface area contributed by atoms with Crippen LogP contribution in [-0.4, -0.2) is 5.78 Å². The van der Waals surface area contributed by atoms with Crippen LogP contribution in [0.4, 0.5) is 17.1 Å². The van der Waals surface area contributed by atoms with Gasteiger partial charge in [-0.05, 0) is 272 Å². The summed E-state index contributed by atoms with van der Waals surface area (Å²) in [5.74, 6) is 0.0167. The van der Waals surface area contributed by atoms with Crippen molar-refractivity contribution in [3.05, 3.63) is 441 Å². The highest BCUT2D eigenvalue weighted by Crippen LogP contribution is 2.38. The molecule has 15 aromatic rings. The highest BCUT2D eigenvalue weighted by Gasteiger charge is 2.17. The van der Waals surface area contributed by atoms with Gasteiger partial charge in [-0.2, -0.15) is 0 Å². The fourth-order valence-corrected chi connectivity index (χ4v) is 15.5. The van der Waals surface area contributed by atoms with Gasteiger partial charge in [0.1, 0.15) is 0 Å². The van der Waals surface area contributed by atoms with Gasteiger partial charge in [-0.15, -0.1) is 0 Å². The number of anilines is 3. The van der Waals surface area contributed by atoms with E-state index in [1.807, 2.05) is 72.8 Å². The molecule has 0 aromatic heterocycles. The molecule has 15 aromatic carbocycles. The molecule has 0 aliphatic heterocycles. The molecule has 0 unspecified atom stereocenters. The highest BCUT2D eigenvalue weighted by molar-refractivity contribution is 9.11. The number of carbonyl (C=O) groups is 1. The molecule has 0 spiro atoms. The van der Waals surface area contributed by atoms with E-state index in [1.165, 1.54) is 71.2 Å². The van der Waals surface area contributed by atoms with Crippen LogP contribution in [0, 0.1) is 0 Å². The molecule has 0 radical (unpaired) electrons. The van der Waals surface area contributed by atoms with E-state index in [2.05, 4.69) is 398 Å². The Morgan fingerprint density at radius 3 is 0.819 bits per heavy atom. The topological polar surface area (TPSA) is 20.3 Å². The SMILES string of the molecule is Brc1ccc(Br)c(CCc2ccc(-c3cc(-c4ccccc4)cc(-c4ccccc4)c3)cc2)c1.Brc1ccc(Br)c(CCc2ccc(N(c3ccccc3)c3ccccc3)cc2)c1.O=C(c1cccc(-c2ccc(CCc3cc(Br)ccc3Br)cc2)c1)c1cc(-c2ccccc2)cc(-c2ccccc2)c1. The van der Waals surface area contributed by atoms with E-state index in [4.69, 9.17) is 0 Å². The van der Waals surface area contributed by atoms with Gasteiger partial charge in [-0.25, -0.2) is 0 Å². The molecule has 2 nitrogen and oxygen atoms in total. The smallest absolute Gasteiger partial charge is 0.193 e. The van der Waals surface area contributed by atoms with E-state index in [0.29, 0.717) is 11.1 Å². The van der Waals surface area contributed by atoms with Gasteiger partial charge in [0, 0.05) is 55.0 Å². The molecule has 15 rings (SSSR count). The van der Waals surface area contributed by atoms with Crippen LogP contribution in [0.15, 0.2) is 397 Å². The molecule has 0 fully saturated rings. The Kier molecular flexibility index (Phi) is 25.8. The van der Waals surface area contributed by atoms with E-state index in [9.17, 15) is 4.79 Å². The second-order valence-electron chi connectivity index (χ2n) is 25.7. The Bertz CT molecular complexity index is 5200. The van der Waals surface area contributed by atoms with E-state index in [0.717, 1.165) is 111 Å². The number of hydrogen-bond acceptors (Lipinski definition) is 2. The number of hydrogen-bond donors (Lipinski definition) is 0. The van der Waals surface area contributed by atoms with Crippen LogP contribution in [0.1, 0.15) is 49.3 Å². The van der Waals surface area contributed by atoms with Gasteiger partial charge in [0.05, 0.1) is 0 Å². The summed E-state index contributed by atoms with van der Waals surface area (Å²) in [6.45, 7) is 0. The third kappa shape index (κ3) is 20.2. The molecule has 0 saturated carbocycles.